The molecule has 0 radical (unpaired) electrons. The van der Waals surface area contributed by atoms with Crippen LogP contribution in [0.5, 0.6) is 0 Å². The average Bonchev–Trinajstić information content (AvgIpc) is 2.26. The van der Waals surface area contributed by atoms with Crippen molar-refractivity contribution < 1.29 is 14.7 Å². The molecule has 0 saturated heterocycles. The number of rotatable bonds is 3. The monoisotopic (exact) mass is 281 g/mol. The maximum atomic E-state index is 11.2. The molecular formula is C11H8BrNO3. The van der Waals surface area contributed by atoms with E-state index in [0.29, 0.717) is 5.56 Å². The van der Waals surface area contributed by atoms with Gasteiger partial charge in [-0.15, -0.1) is 0 Å². The van der Waals surface area contributed by atoms with Crippen LogP contribution < -0.4 is 0 Å². The minimum Gasteiger partial charge on any atom is -0.478 e. The number of alkyl halides is 1. The van der Waals surface area contributed by atoms with Gasteiger partial charge in [0.2, 0.25) is 0 Å². The van der Waals surface area contributed by atoms with Crippen LogP contribution in [0.2, 0.25) is 0 Å². The van der Waals surface area contributed by atoms with Crippen molar-refractivity contribution in [2.75, 3.05) is 0 Å². The SMILES string of the molecule is CC(=O)C(Br)c1ccc(C#N)cc1C(=O)O. The van der Waals surface area contributed by atoms with Gasteiger partial charge in [-0.2, -0.15) is 5.26 Å². The summed E-state index contributed by atoms with van der Waals surface area (Å²) in [5, 5.41) is 17.6. The quantitative estimate of drug-likeness (QED) is 0.863. The summed E-state index contributed by atoms with van der Waals surface area (Å²) in [7, 11) is 0. The molecule has 0 aromatic heterocycles. The third-order valence-corrected chi connectivity index (χ3v) is 3.18. The van der Waals surface area contributed by atoms with Gasteiger partial charge in [0.05, 0.1) is 22.0 Å². The highest BCUT2D eigenvalue weighted by Crippen LogP contribution is 2.27. The van der Waals surface area contributed by atoms with Gasteiger partial charge in [-0.05, 0) is 24.6 Å². The summed E-state index contributed by atoms with van der Waals surface area (Å²) < 4.78 is 0. The Morgan fingerprint density at radius 3 is 2.56 bits per heavy atom. The molecule has 1 rings (SSSR count). The predicted octanol–water partition coefficient (Wildman–Crippen LogP) is 2.28. The van der Waals surface area contributed by atoms with Crippen LogP contribution in [0.25, 0.3) is 0 Å². The molecule has 0 heterocycles. The third kappa shape index (κ3) is 2.47. The number of carbonyl (C=O) groups excluding carboxylic acids is 1. The van der Waals surface area contributed by atoms with E-state index < -0.39 is 10.8 Å². The zero-order chi connectivity index (χ0) is 12.3. The molecule has 1 atom stereocenters. The highest BCUT2D eigenvalue weighted by molar-refractivity contribution is 9.09. The number of carboxylic acids is 1. The molecular weight excluding hydrogens is 274 g/mol. The number of hydrogen-bond donors (Lipinski definition) is 1. The summed E-state index contributed by atoms with van der Waals surface area (Å²) in [5.74, 6) is -1.34. The second-order valence-electron chi connectivity index (χ2n) is 3.19. The Morgan fingerprint density at radius 1 is 1.50 bits per heavy atom. The van der Waals surface area contributed by atoms with Crippen LogP contribution in [-0.2, 0) is 4.79 Å². The first-order valence-electron chi connectivity index (χ1n) is 4.39. The van der Waals surface area contributed by atoms with Crippen molar-refractivity contribution in [2.24, 2.45) is 0 Å². The fourth-order valence-corrected chi connectivity index (χ4v) is 1.65. The molecule has 1 aromatic rings. The summed E-state index contributed by atoms with van der Waals surface area (Å²) in [6.07, 6.45) is 0. The van der Waals surface area contributed by atoms with E-state index in [2.05, 4.69) is 15.9 Å². The van der Waals surface area contributed by atoms with Crippen molar-refractivity contribution in [3.8, 4) is 6.07 Å². The van der Waals surface area contributed by atoms with Gasteiger partial charge >= 0.3 is 5.97 Å². The summed E-state index contributed by atoms with van der Waals surface area (Å²) >= 11 is 3.12. The average molecular weight is 282 g/mol. The van der Waals surface area contributed by atoms with Gasteiger partial charge in [-0.3, -0.25) is 4.79 Å². The van der Waals surface area contributed by atoms with E-state index >= 15 is 0 Å². The van der Waals surface area contributed by atoms with Gasteiger partial charge in [-0.25, -0.2) is 4.79 Å². The van der Waals surface area contributed by atoms with E-state index in [0.717, 1.165) is 0 Å². The number of hydrogen-bond acceptors (Lipinski definition) is 3. The Kier molecular flexibility index (Phi) is 3.80. The first-order valence-corrected chi connectivity index (χ1v) is 5.30. The van der Waals surface area contributed by atoms with Crippen LogP contribution in [0.3, 0.4) is 0 Å². The molecule has 16 heavy (non-hydrogen) atoms. The summed E-state index contributed by atoms with van der Waals surface area (Å²) in [4.78, 5) is 21.5. The lowest BCUT2D eigenvalue weighted by Crippen LogP contribution is -2.09. The maximum absolute atomic E-state index is 11.2. The van der Waals surface area contributed by atoms with E-state index in [9.17, 15) is 9.59 Å². The molecule has 1 aromatic carbocycles. The molecule has 0 bridgehead atoms. The molecule has 0 saturated carbocycles. The van der Waals surface area contributed by atoms with Crippen molar-refractivity contribution in [2.45, 2.75) is 11.8 Å². The minimum absolute atomic E-state index is 0.0314. The lowest BCUT2D eigenvalue weighted by Gasteiger charge is -2.10. The van der Waals surface area contributed by atoms with Crippen molar-refractivity contribution in [3.63, 3.8) is 0 Å². The molecule has 0 fully saturated rings. The van der Waals surface area contributed by atoms with Crippen LogP contribution >= 0.6 is 15.9 Å². The van der Waals surface area contributed by atoms with Crippen molar-refractivity contribution in [3.05, 3.63) is 34.9 Å². The second-order valence-corrected chi connectivity index (χ2v) is 4.11. The normalized spacial score (nSPS) is 11.6. The molecule has 0 aliphatic heterocycles. The lowest BCUT2D eigenvalue weighted by molar-refractivity contribution is -0.116. The van der Waals surface area contributed by atoms with E-state index in [1.54, 1.807) is 0 Å². The number of benzene rings is 1. The highest BCUT2D eigenvalue weighted by Gasteiger charge is 2.20. The number of Topliss-reactive ketones (excluding diaryl/α,β-unsaturated/α-hetero) is 1. The van der Waals surface area contributed by atoms with Crippen LogP contribution in [0.4, 0.5) is 0 Å². The zero-order valence-corrected chi connectivity index (χ0v) is 9.98. The molecule has 0 spiro atoms. The standard InChI is InChI=1S/C11H8BrNO3/c1-6(14)10(12)8-3-2-7(5-13)4-9(8)11(15)16/h2-4,10H,1H3,(H,15,16). The van der Waals surface area contributed by atoms with Crippen LogP contribution in [0.15, 0.2) is 18.2 Å². The maximum Gasteiger partial charge on any atom is 0.336 e. The topological polar surface area (TPSA) is 78.2 Å². The molecule has 1 unspecified atom stereocenters. The fraction of sp³-hybridized carbons (Fsp3) is 0.182. The Morgan fingerprint density at radius 2 is 2.12 bits per heavy atom. The second kappa shape index (κ2) is 4.90. The van der Waals surface area contributed by atoms with Crippen molar-refractivity contribution in [1.29, 1.82) is 5.26 Å². The van der Waals surface area contributed by atoms with Crippen molar-refractivity contribution >= 4 is 27.7 Å². The number of halogens is 1. The Labute approximate surface area is 101 Å². The molecule has 1 N–H and O–H groups in total. The molecule has 0 aliphatic rings. The number of aromatic carboxylic acids is 1. The fourth-order valence-electron chi connectivity index (χ4n) is 1.25. The van der Waals surface area contributed by atoms with Crippen LogP contribution in [0.1, 0.15) is 33.2 Å². The van der Waals surface area contributed by atoms with E-state index in [-0.39, 0.29) is 16.9 Å². The van der Waals surface area contributed by atoms with Gasteiger partial charge in [0.25, 0.3) is 0 Å². The van der Waals surface area contributed by atoms with Gasteiger partial charge in [0, 0.05) is 0 Å². The van der Waals surface area contributed by atoms with E-state index in [1.807, 2.05) is 6.07 Å². The Bertz CT molecular complexity index is 490. The number of carboxylic acid groups (broad SMARTS) is 1. The number of ketones is 1. The minimum atomic E-state index is -1.15. The number of nitriles is 1. The molecule has 5 heteroatoms. The summed E-state index contributed by atoms with van der Waals surface area (Å²) in [5.41, 5.74) is 0.583. The Hall–Kier alpha value is -1.67. The predicted molar refractivity (Wildman–Crippen MR) is 60.5 cm³/mol. The Balaban J connectivity index is 3.35. The van der Waals surface area contributed by atoms with E-state index in [4.69, 9.17) is 10.4 Å². The third-order valence-electron chi connectivity index (χ3n) is 2.04. The molecule has 82 valence electrons. The van der Waals surface area contributed by atoms with Gasteiger partial charge in [0.1, 0.15) is 5.78 Å². The largest absolute Gasteiger partial charge is 0.478 e. The highest BCUT2D eigenvalue weighted by atomic mass is 79.9. The number of carbonyl (C=O) groups is 2. The summed E-state index contributed by atoms with van der Waals surface area (Å²) in [6.45, 7) is 1.36. The van der Waals surface area contributed by atoms with Gasteiger partial charge in [-0.1, -0.05) is 22.0 Å². The first-order chi connectivity index (χ1) is 7.47. The van der Waals surface area contributed by atoms with Crippen molar-refractivity contribution in [1.82, 2.24) is 0 Å². The zero-order valence-electron chi connectivity index (χ0n) is 8.40. The molecule has 4 nitrogen and oxygen atoms in total. The van der Waals surface area contributed by atoms with Gasteiger partial charge in [0.15, 0.2) is 0 Å². The molecule has 0 amide bonds. The van der Waals surface area contributed by atoms with Crippen LogP contribution in [0, 0.1) is 11.3 Å². The van der Waals surface area contributed by atoms with Gasteiger partial charge < -0.3 is 5.11 Å². The van der Waals surface area contributed by atoms with E-state index in [1.165, 1.54) is 25.1 Å². The molecule has 0 aliphatic carbocycles. The summed E-state index contributed by atoms with van der Waals surface area (Å²) in [6, 6.07) is 6.07. The number of nitrogens with zero attached hydrogens (tertiary/aromatic N) is 1. The first kappa shape index (κ1) is 12.4. The lowest BCUT2D eigenvalue weighted by atomic mass is 10.0. The van der Waals surface area contributed by atoms with Crippen LogP contribution in [-0.4, -0.2) is 16.9 Å². The smallest absolute Gasteiger partial charge is 0.336 e.